The Morgan fingerprint density at radius 2 is 1.78 bits per heavy atom. The summed E-state index contributed by atoms with van der Waals surface area (Å²) in [5.74, 6) is 8.31. The highest BCUT2D eigenvalue weighted by Crippen LogP contribution is 1.90. The number of rotatable bonds is 1. The summed E-state index contributed by atoms with van der Waals surface area (Å²) in [6, 6.07) is 0. The number of hydrogen-bond donors (Lipinski definition) is 2. The molecule has 54 valence electrons. The van der Waals surface area contributed by atoms with Crippen LogP contribution in [0.15, 0.2) is 0 Å². The minimum atomic E-state index is -4.46. The van der Waals surface area contributed by atoms with Gasteiger partial charge in [-0.2, -0.15) is 24.5 Å². The maximum Gasteiger partial charge on any atom is 0.471 e. The maximum absolute atomic E-state index is 10.0. The molecule has 0 heterocycles. The third kappa shape index (κ3) is 1.93. The van der Waals surface area contributed by atoms with E-state index in [1.165, 1.54) is 0 Å². The zero-order valence-electron chi connectivity index (χ0n) is 4.10. The average Bonchev–Trinajstić information content (AvgIpc) is 1.86. The number of carbonyl (C=O) groups excluding carboxylic acids is 1. The van der Waals surface area contributed by atoms with Gasteiger partial charge in [0.05, 0.1) is 0 Å². The Labute approximate surface area is 50.6 Å². The maximum atomic E-state index is 10.0. The first-order valence-electron chi connectivity index (χ1n) is 1.58. The highest BCUT2D eigenvalue weighted by molar-refractivity contribution is 8.01. The summed E-state index contributed by atoms with van der Waals surface area (Å²) in [5, 5.41) is -1.73. The largest absolute Gasteiger partial charge is 0.471 e. The molecule has 0 radical (unpaired) electrons. The zero-order valence-corrected chi connectivity index (χ0v) is 4.92. The molecule has 0 unspecified atom stereocenters. The molecule has 0 aliphatic rings. The van der Waals surface area contributed by atoms with Crippen LogP contribution < -0.4 is 11.8 Å². The normalized spacial score (nSPS) is 10.9. The monoisotopic (exact) mass is 156 g/mol. The molecule has 0 aromatic carbocycles. The SMILES string of the molecule is NOC(=O)S(=O)(=O)ON. The van der Waals surface area contributed by atoms with Crippen molar-refractivity contribution in [3.05, 3.63) is 0 Å². The summed E-state index contributed by atoms with van der Waals surface area (Å²) >= 11 is 0. The summed E-state index contributed by atoms with van der Waals surface area (Å²) in [7, 11) is -4.46. The van der Waals surface area contributed by atoms with E-state index < -0.39 is 15.4 Å². The lowest BCUT2D eigenvalue weighted by molar-refractivity contribution is 0.168. The summed E-state index contributed by atoms with van der Waals surface area (Å²) in [6.07, 6.45) is 0. The van der Waals surface area contributed by atoms with Gasteiger partial charge in [0.1, 0.15) is 0 Å². The predicted molar refractivity (Wildman–Crippen MR) is 24.9 cm³/mol. The second kappa shape index (κ2) is 2.73. The van der Waals surface area contributed by atoms with Crippen LogP contribution in [0, 0.1) is 0 Å². The van der Waals surface area contributed by atoms with Gasteiger partial charge >= 0.3 is 15.4 Å². The van der Waals surface area contributed by atoms with E-state index in [9.17, 15) is 13.2 Å². The lowest BCUT2D eigenvalue weighted by Gasteiger charge is -1.93. The number of carbonyl (C=O) groups is 1. The topological polar surface area (TPSA) is 122 Å². The van der Waals surface area contributed by atoms with Crippen molar-refractivity contribution in [1.29, 1.82) is 0 Å². The molecule has 0 atom stereocenters. The second-order valence-corrected chi connectivity index (χ2v) is 2.35. The van der Waals surface area contributed by atoms with Crippen LogP contribution in [-0.2, 0) is 19.2 Å². The van der Waals surface area contributed by atoms with Gasteiger partial charge in [-0.25, -0.2) is 4.79 Å². The first-order valence-corrected chi connectivity index (χ1v) is 2.99. The van der Waals surface area contributed by atoms with Gasteiger partial charge in [-0.15, -0.1) is 0 Å². The number of hydrogen-bond acceptors (Lipinski definition) is 7. The highest BCUT2D eigenvalue weighted by Gasteiger charge is 2.23. The van der Waals surface area contributed by atoms with Crippen LogP contribution in [0.3, 0.4) is 0 Å². The summed E-state index contributed by atoms with van der Waals surface area (Å²) < 4.78 is 23.3. The smallest absolute Gasteiger partial charge is 0.360 e. The molecule has 0 aromatic rings. The van der Waals surface area contributed by atoms with Crippen LogP contribution in [-0.4, -0.2) is 13.7 Å². The molecule has 0 spiro atoms. The standard InChI is InChI=1S/CH4N2O5S/c2-7-1(4)9(5,6)8-3/h2-3H2. The Kier molecular flexibility index (Phi) is 2.52. The second-order valence-electron chi connectivity index (χ2n) is 0.918. The van der Waals surface area contributed by atoms with Gasteiger partial charge in [0.25, 0.3) is 0 Å². The molecular weight excluding hydrogens is 152 g/mol. The lowest BCUT2D eigenvalue weighted by atomic mass is 11.6. The van der Waals surface area contributed by atoms with Gasteiger partial charge in [-0.1, -0.05) is 0 Å². The van der Waals surface area contributed by atoms with Crippen molar-refractivity contribution in [1.82, 2.24) is 0 Å². The summed E-state index contributed by atoms with van der Waals surface area (Å²) in [6.45, 7) is 0. The van der Waals surface area contributed by atoms with Crippen LogP contribution in [0.5, 0.6) is 0 Å². The Hall–Kier alpha value is -0.700. The van der Waals surface area contributed by atoms with Gasteiger partial charge in [0, 0.05) is 0 Å². The zero-order chi connectivity index (χ0) is 7.49. The molecule has 8 heteroatoms. The van der Waals surface area contributed by atoms with Crippen LogP contribution in [0.1, 0.15) is 0 Å². The molecule has 0 saturated heterocycles. The van der Waals surface area contributed by atoms with Gasteiger partial charge < -0.3 is 4.84 Å². The molecule has 7 nitrogen and oxygen atoms in total. The highest BCUT2D eigenvalue weighted by atomic mass is 32.2. The van der Waals surface area contributed by atoms with Crippen LogP contribution in [0.25, 0.3) is 0 Å². The van der Waals surface area contributed by atoms with E-state index >= 15 is 0 Å². The molecule has 0 aliphatic heterocycles. The molecule has 0 saturated carbocycles. The summed E-state index contributed by atoms with van der Waals surface area (Å²) in [5.41, 5.74) is 0. The molecule has 0 rings (SSSR count). The van der Waals surface area contributed by atoms with E-state index in [1.807, 2.05) is 0 Å². The molecule has 4 N–H and O–H groups in total. The van der Waals surface area contributed by atoms with Crippen molar-refractivity contribution in [3.63, 3.8) is 0 Å². The van der Waals surface area contributed by atoms with Gasteiger partial charge in [0.2, 0.25) is 0 Å². The van der Waals surface area contributed by atoms with Crippen LogP contribution >= 0.6 is 0 Å². The fraction of sp³-hybridized carbons (Fsp3) is 0. The number of nitrogens with two attached hydrogens (primary N) is 2. The first kappa shape index (κ1) is 8.30. The van der Waals surface area contributed by atoms with E-state index in [1.54, 1.807) is 0 Å². The summed E-state index contributed by atoms with van der Waals surface area (Å²) in [4.78, 5) is 13.2. The van der Waals surface area contributed by atoms with Crippen molar-refractivity contribution < 1.29 is 22.3 Å². The van der Waals surface area contributed by atoms with Crippen molar-refractivity contribution >= 4 is 15.4 Å². The predicted octanol–water partition coefficient (Wildman–Crippen LogP) is -1.78. The average molecular weight is 156 g/mol. The fourth-order valence-corrected chi connectivity index (χ4v) is 0.295. The van der Waals surface area contributed by atoms with E-state index in [0.717, 1.165) is 0 Å². The fourth-order valence-electron chi connectivity index (χ4n) is 0.0982. The van der Waals surface area contributed by atoms with E-state index in [2.05, 4.69) is 20.9 Å². The Morgan fingerprint density at radius 1 is 1.33 bits per heavy atom. The van der Waals surface area contributed by atoms with Gasteiger partial charge in [-0.05, 0) is 0 Å². The molecule has 0 fully saturated rings. The molecule has 0 amide bonds. The quantitative estimate of drug-likeness (QED) is 0.430. The van der Waals surface area contributed by atoms with Crippen molar-refractivity contribution in [3.8, 4) is 0 Å². The van der Waals surface area contributed by atoms with E-state index in [-0.39, 0.29) is 0 Å². The van der Waals surface area contributed by atoms with E-state index in [0.29, 0.717) is 0 Å². The van der Waals surface area contributed by atoms with Gasteiger partial charge in [-0.3, -0.25) is 0 Å². The van der Waals surface area contributed by atoms with Crippen molar-refractivity contribution in [2.75, 3.05) is 0 Å². The third-order valence-electron chi connectivity index (χ3n) is 0.427. The third-order valence-corrected chi connectivity index (χ3v) is 1.18. The first-order chi connectivity index (χ1) is 4.04. The molecular formula is CH4N2O5S. The minimum absolute atomic E-state index is 1.73. The molecule has 0 aromatic heterocycles. The molecule has 0 aliphatic carbocycles. The molecule has 9 heavy (non-hydrogen) atoms. The Bertz CT molecular complexity index is 193. The van der Waals surface area contributed by atoms with E-state index in [4.69, 9.17) is 0 Å². The van der Waals surface area contributed by atoms with Crippen molar-refractivity contribution in [2.24, 2.45) is 11.8 Å². The van der Waals surface area contributed by atoms with Crippen LogP contribution in [0.4, 0.5) is 4.79 Å². The Morgan fingerprint density at radius 3 is 1.89 bits per heavy atom. The lowest BCUT2D eigenvalue weighted by Crippen LogP contribution is -2.24. The van der Waals surface area contributed by atoms with Gasteiger partial charge in [0.15, 0.2) is 0 Å². The van der Waals surface area contributed by atoms with Crippen LogP contribution in [0.2, 0.25) is 0 Å². The Balaban J connectivity index is 4.37. The minimum Gasteiger partial charge on any atom is -0.360 e. The van der Waals surface area contributed by atoms with Crippen molar-refractivity contribution in [2.45, 2.75) is 0 Å². The molecule has 0 bridgehead atoms.